The summed E-state index contributed by atoms with van der Waals surface area (Å²) >= 11 is 0. The summed E-state index contributed by atoms with van der Waals surface area (Å²) in [6, 6.07) is 0. The highest BCUT2D eigenvalue weighted by Crippen LogP contribution is 2.25. The highest BCUT2D eigenvalue weighted by Gasteiger charge is 2.46. The molecular weight excluding hydrogens is 220 g/mol. The van der Waals surface area contributed by atoms with E-state index in [4.69, 9.17) is 0 Å². The van der Waals surface area contributed by atoms with Gasteiger partial charge in [0.1, 0.15) is 0 Å². The molecular formula is C9H29Si4. The second kappa shape index (κ2) is 3.79. The van der Waals surface area contributed by atoms with Gasteiger partial charge in [0, 0.05) is 31.6 Å². The zero-order chi connectivity index (χ0) is 11.1. The van der Waals surface area contributed by atoms with E-state index in [2.05, 4.69) is 58.9 Å². The van der Waals surface area contributed by atoms with E-state index < -0.39 is 22.8 Å². The molecule has 0 saturated heterocycles. The van der Waals surface area contributed by atoms with E-state index in [9.17, 15) is 0 Å². The second-order valence-electron chi connectivity index (χ2n) is 7.12. The van der Waals surface area contributed by atoms with Crippen molar-refractivity contribution in [1.29, 1.82) is 0 Å². The number of hydrogen-bond donors (Lipinski definition) is 0. The SMILES string of the molecule is C[Si](C)(C)[Si]([Si](C)(C)C)[Si](C)(C)C.[HH]. The fraction of sp³-hybridized carbons (Fsp3) is 1.00. The van der Waals surface area contributed by atoms with Gasteiger partial charge in [-0.25, -0.2) is 0 Å². The Balaban J connectivity index is 0. The molecule has 0 aliphatic heterocycles. The third-order valence-corrected chi connectivity index (χ3v) is 60.8. The van der Waals surface area contributed by atoms with Gasteiger partial charge in [-0.3, -0.25) is 0 Å². The molecule has 81 valence electrons. The summed E-state index contributed by atoms with van der Waals surface area (Å²) < 4.78 is 0. The van der Waals surface area contributed by atoms with Crippen molar-refractivity contribution in [2.24, 2.45) is 0 Å². The van der Waals surface area contributed by atoms with Crippen molar-refractivity contribution < 1.29 is 1.43 Å². The van der Waals surface area contributed by atoms with Crippen molar-refractivity contribution in [3.63, 3.8) is 0 Å². The summed E-state index contributed by atoms with van der Waals surface area (Å²) in [7, 11) is -2.47. The average molecular weight is 250 g/mol. The Labute approximate surface area is 90.6 Å². The first kappa shape index (κ1) is 13.9. The van der Waals surface area contributed by atoms with Crippen molar-refractivity contribution >= 4 is 30.1 Å². The molecule has 0 aliphatic rings. The minimum absolute atomic E-state index is 0. The minimum Gasteiger partial charge on any atom is -0.0721 e. The van der Waals surface area contributed by atoms with Gasteiger partial charge in [-0.15, -0.1) is 0 Å². The monoisotopic (exact) mass is 249 g/mol. The Morgan fingerprint density at radius 1 is 0.538 bits per heavy atom. The van der Waals surface area contributed by atoms with E-state index >= 15 is 0 Å². The molecule has 0 heterocycles. The minimum atomic E-state index is -0.832. The summed E-state index contributed by atoms with van der Waals surface area (Å²) in [6.45, 7) is 23.5. The van der Waals surface area contributed by atoms with Gasteiger partial charge in [-0.1, -0.05) is 58.9 Å². The van der Waals surface area contributed by atoms with Gasteiger partial charge in [0.05, 0.1) is 0 Å². The van der Waals surface area contributed by atoms with E-state index in [1.54, 1.807) is 0 Å². The normalized spacial score (nSPS) is 15.2. The number of hydrogen-bond acceptors (Lipinski definition) is 0. The lowest BCUT2D eigenvalue weighted by Gasteiger charge is -2.44. The van der Waals surface area contributed by atoms with E-state index in [1.165, 1.54) is 0 Å². The van der Waals surface area contributed by atoms with Crippen LogP contribution >= 0.6 is 0 Å². The first-order chi connectivity index (χ1) is 5.37. The molecule has 0 spiro atoms. The summed E-state index contributed by atoms with van der Waals surface area (Å²) in [5.41, 5.74) is 0. The van der Waals surface area contributed by atoms with Crippen LogP contribution in [0.3, 0.4) is 0 Å². The van der Waals surface area contributed by atoms with Crippen molar-refractivity contribution in [3.8, 4) is 0 Å². The van der Waals surface area contributed by atoms with Crippen LogP contribution in [0.4, 0.5) is 0 Å². The predicted molar refractivity (Wildman–Crippen MR) is 77.9 cm³/mol. The average Bonchev–Trinajstić information content (AvgIpc) is 1.44. The van der Waals surface area contributed by atoms with Crippen LogP contribution in [0.1, 0.15) is 1.43 Å². The fourth-order valence-corrected chi connectivity index (χ4v) is 91.1. The Kier molecular flexibility index (Phi) is 4.04. The Morgan fingerprint density at radius 2 is 0.692 bits per heavy atom. The van der Waals surface area contributed by atoms with Crippen LogP contribution in [0.25, 0.3) is 0 Å². The van der Waals surface area contributed by atoms with Gasteiger partial charge in [0.2, 0.25) is 0 Å². The zero-order valence-electron chi connectivity index (χ0n) is 11.0. The molecule has 0 fully saturated rings. The lowest BCUT2D eigenvalue weighted by Crippen LogP contribution is -2.70. The van der Waals surface area contributed by atoms with Crippen molar-refractivity contribution in [1.82, 2.24) is 0 Å². The lowest BCUT2D eigenvalue weighted by atomic mass is 11.8. The van der Waals surface area contributed by atoms with E-state index in [0.29, 0.717) is 0 Å². The lowest BCUT2D eigenvalue weighted by molar-refractivity contribution is 1.77. The molecule has 0 aromatic rings. The van der Waals surface area contributed by atoms with E-state index in [0.717, 1.165) is 0 Å². The van der Waals surface area contributed by atoms with Gasteiger partial charge in [0.15, 0.2) is 0 Å². The molecule has 0 aliphatic carbocycles. The molecule has 13 heavy (non-hydrogen) atoms. The highest BCUT2D eigenvalue weighted by molar-refractivity contribution is 7.81. The molecule has 0 aromatic carbocycles. The summed E-state index contributed by atoms with van der Waals surface area (Å²) in [5.74, 6) is 0. The summed E-state index contributed by atoms with van der Waals surface area (Å²) in [5, 5.41) is 0. The molecule has 0 aromatic heterocycles. The molecule has 4 heteroatoms. The van der Waals surface area contributed by atoms with Crippen LogP contribution in [0.2, 0.25) is 58.9 Å². The van der Waals surface area contributed by atoms with Crippen LogP contribution in [0.15, 0.2) is 0 Å². The fourth-order valence-electron chi connectivity index (χ4n) is 3.38. The largest absolute Gasteiger partial charge is 0.0721 e. The molecule has 0 amide bonds. The van der Waals surface area contributed by atoms with Gasteiger partial charge < -0.3 is 0 Å². The van der Waals surface area contributed by atoms with Gasteiger partial charge in [0.25, 0.3) is 0 Å². The second-order valence-corrected chi connectivity index (χ2v) is 43.9. The molecule has 0 saturated carbocycles. The summed E-state index contributed by atoms with van der Waals surface area (Å²) in [4.78, 5) is 0. The van der Waals surface area contributed by atoms with Crippen molar-refractivity contribution in [2.45, 2.75) is 58.9 Å². The van der Waals surface area contributed by atoms with Crippen LogP contribution < -0.4 is 0 Å². The van der Waals surface area contributed by atoms with E-state index in [1.807, 2.05) is 0 Å². The smallest absolute Gasteiger partial charge is 0.0306 e. The first-order valence-corrected chi connectivity index (χ1v) is 20.2. The van der Waals surface area contributed by atoms with Crippen LogP contribution in [0, 0.1) is 0 Å². The van der Waals surface area contributed by atoms with Crippen LogP contribution in [0.5, 0.6) is 0 Å². The third kappa shape index (κ3) is 4.27. The quantitative estimate of drug-likeness (QED) is 0.664. The molecule has 0 rings (SSSR count). The van der Waals surface area contributed by atoms with Crippen LogP contribution in [-0.4, -0.2) is 30.1 Å². The van der Waals surface area contributed by atoms with Crippen LogP contribution in [-0.2, 0) is 0 Å². The molecule has 0 N–H and O–H groups in total. The van der Waals surface area contributed by atoms with Gasteiger partial charge in [-0.2, -0.15) is 0 Å². The first-order valence-electron chi connectivity index (χ1n) is 5.25. The molecule has 1 radical (unpaired) electrons. The maximum atomic E-state index is 2.61. The molecule has 0 atom stereocenters. The maximum Gasteiger partial charge on any atom is 0.0306 e. The van der Waals surface area contributed by atoms with Crippen molar-refractivity contribution in [2.75, 3.05) is 0 Å². The van der Waals surface area contributed by atoms with Crippen molar-refractivity contribution in [3.05, 3.63) is 0 Å². The van der Waals surface area contributed by atoms with Gasteiger partial charge >= 0.3 is 0 Å². The third-order valence-electron chi connectivity index (χ3n) is 2.25. The topological polar surface area (TPSA) is 0 Å². The molecule has 0 bridgehead atoms. The Morgan fingerprint density at radius 3 is 0.692 bits per heavy atom. The molecule has 0 nitrogen and oxygen atoms in total. The maximum absolute atomic E-state index is 2.61. The Hall–Kier alpha value is 0.868. The van der Waals surface area contributed by atoms with E-state index in [-0.39, 0.29) is 8.78 Å². The Bertz CT molecular complexity index is 139. The predicted octanol–water partition coefficient (Wildman–Crippen LogP) is 3.98. The standard InChI is InChI=1S/C9H27Si4.H2/c1-11(2,3)10(12(4,5)6)13(7,8)9;/h1-9H3;1H. The zero-order valence-corrected chi connectivity index (χ0v) is 15.0. The number of rotatable bonds is 3. The molecule has 0 unspecified atom stereocenters. The van der Waals surface area contributed by atoms with Gasteiger partial charge in [-0.05, 0) is 0 Å². The summed E-state index contributed by atoms with van der Waals surface area (Å²) in [6.07, 6.45) is 0. The highest BCUT2D eigenvalue weighted by atomic mass is 29.9.